The number of carbonyl (C=O) groups excluding carboxylic acids is 2. The quantitative estimate of drug-likeness (QED) is 0.446. The van der Waals surface area contributed by atoms with Gasteiger partial charge in [0.1, 0.15) is 18.4 Å². The van der Waals surface area contributed by atoms with E-state index in [1.165, 1.54) is 47.4 Å². The molecular formula is C24H30Cl2FN3O4S. The summed E-state index contributed by atoms with van der Waals surface area (Å²) < 4.78 is 39.6. The molecule has 7 nitrogen and oxygen atoms in total. The van der Waals surface area contributed by atoms with E-state index in [2.05, 4.69) is 5.32 Å². The highest BCUT2D eigenvalue weighted by Gasteiger charge is 2.32. The van der Waals surface area contributed by atoms with Gasteiger partial charge < -0.3 is 10.2 Å². The fourth-order valence-electron chi connectivity index (χ4n) is 3.43. The van der Waals surface area contributed by atoms with Crippen LogP contribution in [-0.4, -0.2) is 50.0 Å². The summed E-state index contributed by atoms with van der Waals surface area (Å²) in [4.78, 5) is 27.9. The van der Waals surface area contributed by atoms with Gasteiger partial charge in [-0.05, 0) is 49.6 Å². The summed E-state index contributed by atoms with van der Waals surface area (Å²) in [5.74, 6) is -1.42. The molecule has 0 aliphatic rings. The van der Waals surface area contributed by atoms with E-state index in [0.29, 0.717) is 12.0 Å². The van der Waals surface area contributed by atoms with Gasteiger partial charge >= 0.3 is 0 Å². The molecule has 0 aromatic heterocycles. The second-order valence-electron chi connectivity index (χ2n) is 8.23. The number of hydrogen-bond donors (Lipinski definition) is 1. The van der Waals surface area contributed by atoms with Crippen LogP contribution in [0.4, 0.5) is 10.1 Å². The molecule has 0 aliphatic carbocycles. The fourth-order valence-corrected chi connectivity index (χ4v) is 4.73. The average Bonchev–Trinajstić information content (AvgIpc) is 2.79. The number of nitrogens with one attached hydrogen (secondary N) is 1. The first-order chi connectivity index (χ1) is 16.4. The number of rotatable bonds is 11. The average molecular weight is 546 g/mol. The van der Waals surface area contributed by atoms with Crippen LogP contribution in [-0.2, 0) is 26.2 Å². The Balaban J connectivity index is 2.47. The molecule has 35 heavy (non-hydrogen) atoms. The number of anilines is 1. The van der Waals surface area contributed by atoms with Crippen molar-refractivity contribution in [3.05, 3.63) is 63.9 Å². The summed E-state index contributed by atoms with van der Waals surface area (Å²) in [6.07, 6.45) is 1.93. The summed E-state index contributed by atoms with van der Waals surface area (Å²) >= 11 is 12.3. The van der Waals surface area contributed by atoms with Crippen molar-refractivity contribution in [3.8, 4) is 0 Å². The second kappa shape index (κ2) is 12.6. The highest BCUT2D eigenvalue weighted by Crippen LogP contribution is 2.33. The zero-order valence-corrected chi connectivity index (χ0v) is 22.4. The first-order valence-electron chi connectivity index (χ1n) is 11.1. The summed E-state index contributed by atoms with van der Waals surface area (Å²) in [6.45, 7) is 4.91. The van der Waals surface area contributed by atoms with Crippen LogP contribution < -0.4 is 9.62 Å². The van der Waals surface area contributed by atoms with Crippen LogP contribution >= 0.6 is 23.2 Å². The fraction of sp³-hybridized carbons (Fsp3) is 0.417. The molecule has 0 radical (unpaired) electrons. The minimum atomic E-state index is -3.95. The van der Waals surface area contributed by atoms with Crippen molar-refractivity contribution in [2.75, 3.05) is 17.1 Å². The maximum absolute atomic E-state index is 13.6. The number of benzene rings is 2. The van der Waals surface area contributed by atoms with Crippen molar-refractivity contribution in [1.82, 2.24) is 10.2 Å². The van der Waals surface area contributed by atoms with Crippen LogP contribution in [0.15, 0.2) is 42.5 Å². The Bertz CT molecular complexity index is 1150. The number of halogens is 3. The zero-order valence-electron chi connectivity index (χ0n) is 20.1. The van der Waals surface area contributed by atoms with Gasteiger partial charge in [0.25, 0.3) is 0 Å². The first kappa shape index (κ1) is 28.9. The lowest BCUT2D eigenvalue weighted by Gasteiger charge is -2.33. The van der Waals surface area contributed by atoms with Crippen LogP contribution in [0.25, 0.3) is 0 Å². The molecule has 0 fully saturated rings. The van der Waals surface area contributed by atoms with Crippen LogP contribution in [0.1, 0.15) is 39.2 Å². The molecule has 0 saturated carbocycles. The third-order valence-corrected chi connectivity index (χ3v) is 7.47. The van der Waals surface area contributed by atoms with E-state index in [9.17, 15) is 22.4 Å². The van der Waals surface area contributed by atoms with Gasteiger partial charge in [-0.1, -0.05) is 55.2 Å². The number of hydrogen-bond acceptors (Lipinski definition) is 4. The Morgan fingerprint density at radius 1 is 1.06 bits per heavy atom. The number of sulfonamides is 1. The molecular weight excluding hydrogens is 516 g/mol. The molecule has 0 spiro atoms. The lowest BCUT2D eigenvalue weighted by molar-refractivity contribution is -0.140. The van der Waals surface area contributed by atoms with Gasteiger partial charge in [0.05, 0.1) is 22.0 Å². The third-order valence-electron chi connectivity index (χ3n) is 5.53. The summed E-state index contributed by atoms with van der Waals surface area (Å²) in [5, 5.41) is 3.00. The van der Waals surface area contributed by atoms with Gasteiger partial charge in [-0.25, -0.2) is 12.8 Å². The van der Waals surface area contributed by atoms with E-state index >= 15 is 0 Å². The molecule has 0 aliphatic heterocycles. The van der Waals surface area contributed by atoms with E-state index in [0.717, 1.165) is 10.6 Å². The van der Waals surface area contributed by atoms with Crippen LogP contribution in [0.2, 0.25) is 10.0 Å². The predicted molar refractivity (Wildman–Crippen MR) is 138 cm³/mol. The standard InChI is InChI=1S/C24H30Cl2FN3O4S/c1-5-16(3)28-24(32)20(6-2)29(14-17-10-12-18(27)13-11-17)22(31)15-30(35(4,33)34)21-9-7-8-19(25)23(21)26/h7-13,16,20H,5-6,14-15H2,1-4H3,(H,28,32)/t16-,20-/m1/s1. The third kappa shape index (κ3) is 7.81. The lowest BCUT2D eigenvalue weighted by Crippen LogP contribution is -2.53. The predicted octanol–water partition coefficient (Wildman–Crippen LogP) is 4.62. The summed E-state index contributed by atoms with van der Waals surface area (Å²) in [6, 6.07) is 9.02. The van der Waals surface area contributed by atoms with Crippen molar-refractivity contribution in [1.29, 1.82) is 0 Å². The van der Waals surface area contributed by atoms with Crippen molar-refractivity contribution in [2.24, 2.45) is 0 Å². The molecule has 0 unspecified atom stereocenters. The highest BCUT2D eigenvalue weighted by molar-refractivity contribution is 7.92. The van der Waals surface area contributed by atoms with Crippen molar-refractivity contribution >= 4 is 50.7 Å². The maximum atomic E-state index is 13.6. The van der Waals surface area contributed by atoms with Crippen molar-refractivity contribution in [3.63, 3.8) is 0 Å². The summed E-state index contributed by atoms with van der Waals surface area (Å²) in [5.41, 5.74) is 0.634. The minimum absolute atomic E-state index is 0.0148. The number of nitrogens with zero attached hydrogens (tertiary/aromatic N) is 2. The second-order valence-corrected chi connectivity index (χ2v) is 10.9. The monoisotopic (exact) mass is 545 g/mol. The van der Waals surface area contributed by atoms with E-state index in [1.807, 2.05) is 13.8 Å². The van der Waals surface area contributed by atoms with Gasteiger partial charge in [-0.3, -0.25) is 13.9 Å². The van der Waals surface area contributed by atoms with Gasteiger partial charge in [-0.2, -0.15) is 0 Å². The minimum Gasteiger partial charge on any atom is -0.352 e. The lowest BCUT2D eigenvalue weighted by atomic mass is 10.1. The van der Waals surface area contributed by atoms with E-state index in [-0.39, 0.29) is 40.6 Å². The number of amides is 2. The van der Waals surface area contributed by atoms with Gasteiger partial charge in [0.2, 0.25) is 21.8 Å². The Kier molecular flexibility index (Phi) is 10.4. The van der Waals surface area contributed by atoms with Crippen LogP contribution in [0.5, 0.6) is 0 Å². The molecule has 2 aromatic rings. The molecule has 2 amide bonds. The van der Waals surface area contributed by atoms with E-state index < -0.39 is 34.3 Å². The molecule has 0 heterocycles. The first-order valence-corrected chi connectivity index (χ1v) is 13.7. The highest BCUT2D eigenvalue weighted by atomic mass is 35.5. The SMILES string of the molecule is CC[C@@H](C)NC(=O)[C@@H](CC)N(Cc1ccc(F)cc1)C(=O)CN(c1cccc(Cl)c1Cl)S(C)(=O)=O. The maximum Gasteiger partial charge on any atom is 0.244 e. The molecule has 2 atom stereocenters. The van der Waals surface area contributed by atoms with Gasteiger partial charge in [0, 0.05) is 12.6 Å². The Labute approximate surface area is 216 Å². The van der Waals surface area contributed by atoms with E-state index in [1.54, 1.807) is 6.92 Å². The number of carbonyl (C=O) groups is 2. The molecule has 0 saturated heterocycles. The van der Waals surface area contributed by atoms with Crippen LogP contribution in [0, 0.1) is 5.82 Å². The smallest absolute Gasteiger partial charge is 0.244 e. The van der Waals surface area contributed by atoms with Gasteiger partial charge in [0.15, 0.2) is 0 Å². The Hall–Kier alpha value is -2.36. The Morgan fingerprint density at radius 3 is 2.23 bits per heavy atom. The molecule has 0 bridgehead atoms. The molecule has 2 aromatic carbocycles. The molecule has 192 valence electrons. The molecule has 11 heteroatoms. The molecule has 1 N–H and O–H groups in total. The van der Waals surface area contributed by atoms with Crippen molar-refractivity contribution in [2.45, 2.75) is 52.2 Å². The largest absolute Gasteiger partial charge is 0.352 e. The van der Waals surface area contributed by atoms with Gasteiger partial charge in [-0.15, -0.1) is 0 Å². The van der Waals surface area contributed by atoms with E-state index in [4.69, 9.17) is 23.2 Å². The van der Waals surface area contributed by atoms with Crippen molar-refractivity contribution < 1.29 is 22.4 Å². The Morgan fingerprint density at radius 2 is 1.69 bits per heavy atom. The zero-order chi connectivity index (χ0) is 26.3. The topological polar surface area (TPSA) is 86.8 Å². The summed E-state index contributed by atoms with van der Waals surface area (Å²) in [7, 11) is -3.95. The normalized spacial score (nSPS) is 13.1. The van der Waals surface area contributed by atoms with Crippen LogP contribution in [0.3, 0.4) is 0 Å². The molecule has 2 rings (SSSR count).